The van der Waals surface area contributed by atoms with Crippen LogP contribution in [-0.4, -0.2) is 0 Å². The Morgan fingerprint density at radius 2 is 1.76 bits per heavy atom. The molecule has 0 aliphatic rings. The molecular formula is C13H9BrCl2O. The molecule has 0 radical (unpaired) electrons. The van der Waals surface area contributed by atoms with Gasteiger partial charge < -0.3 is 4.74 Å². The van der Waals surface area contributed by atoms with Gasteiger partial charge in [0, 0.05) is 10.4 Å². The quantitative estimate of drug-likeness (QED) is 0.657. The lowest BCUT2D eigenvalue weighted by atomic mass is 10.2. The number of rotatable bonds is 3. The first kappa shape index (κ1) is 12.7. The van der Waals surface area contributed by atoms with Gasteiger partial charge in [0.25, 0.3) is 0 Å². The molecule has 1 nitrogen and oxygen atoms in total. The lowest BCUT2D eigenvalue weighted by molar-refractivity contribution is 0.483. The molecule has 88 valence electrons. The Kier molecular flexibility index (Phi) is 4.32. The van der Waals surface area contributed by atoms with Crippen LogP contribution in [0.4, 0.5) is 0 Å². The topological polar surface area (TPSA) is 9.23 Å². The van der Waals surface area contributed by atoms with Crippen molar-refractivity contribution < 1.29 is 4.74 Å². The first-order chi connectivity index (χ1) is 8.20. The van der Waals surface area contributed by atoms with Crippen molar-refractivity contribution in [3.63, 3.8) is 0 Å². The first-order valence-corrected chi connectivity index (χ1v) is 6.85. The van der Waals surface area contributed by atoms with Gasteiger partial charge in [-0.3, -0.25) is 0 Å². The van der Waals surface area contributed by atoms with Gasteiger partial charge in [0.2, 0.25) is 0 Å². The van der Waals surface area contributed by atoms with Crippen LogP contribution in [0.2, 0.25) is 10.0 Å². The molecule has 0 saturated carbocycles. The molecule has 0 aliphatic carbocycles. The maximum absolute atomic E-state index is 6.09. The average molecular weight is 332 g/mol. The number of alkyl halides is 1. The maximum atomic E-state index is 6.09. The van der Waals surface area contributed by atoms with E-state index >= 15 is 0 Å². The summed E-state index contributed by atoms with van der Waals surface area (Å²) in [5, 5.41) is 1.97. The number of benzene rings is 2. The molecule has 0 atom stereocenters. The van der Waals surface area contributed by atoms with Crippen molar-refractivity contribution in [2.24, 2.45) is 0 Å². The van der Waals surface area contributed by atoms with Gasteiger partial charge in [-0.25, -0.2) is 0 Å². The maximum Gasteiger partial charge on any atom is 0.146 e. The van der Waals surface area contributed by atoms with Gasteiger partial charge in [-0.2, -0.15) is 0 Å². The van der Waals surface area contributed by atoms with E-state index in [1.54, 1.807) is 12.1 Å². The van der Waals surface area contributed by atoms with Crippen LogP contribution in [0.1, 0.15) is 5.56 Å². The molecule has 0 aliphatic heterocycles. The van der Waals surface area contributed by atoms with E-state index in [0.29, 0.717) is 21.5 Å². The normalized spacial score (nSPS) is 10.3. The minimum absolute atomic E-state index is 0.577. The molecule has 17 heavy (non-hydrogen) atoms. The van der Waals surface area contributed by atoms with E-state index < -0.39 is 0 Å². The predicted molar refractivity (Wildman–Crippen MR) is 75.6 cm³/mol. The summed E-state index contributed by atoms with van der Waals surface area (Å²) in [6.07, 6.45) is 0. The third kappa shape index (κ3) is 3.15. The lowest BCUT2D eigenvalue weighted by Gasteiger charge is -2.08. The van der Waals surface area contributed by atoms with Crippen molar-refractivity contribution in [3.8, 4) is 11.5 Å². The van der Waals surface area contributed by atoms with Crippen molar-refractivity contribution in [1.29, 1.82) is 0 Å². The average Bonchev–Trinajstić information content (AvgIpc) is 2.32. The fourth-order valence-electron chi connectivity index (χ4n) is 1.35. The molecule has 0 aromatic heterocycles. The monoisotopic (exact) mass is 330 g/mol. The molecule has 0 heterocycles. The van der Waals surface area contributed by atoms with Crippen molar-refractivity contribution in [1.82, 2.24) is 0 Å². The number of hydrogen-bond acceptors (Lipinski definition) is 1. The van der Waals surface area contributed by atoms with Gasteiger partial charge in [0.15, 0.2) is 0 Å². The Balaban J connectivity index is 2.25. The third-order valence-electron chi connectivity index (χ3n) is 2.23. The predicted octanol–water partition coefficient (Wildman–Crippen LogP) is 5.68. The zero-order valence-electron chi connectivity index (χ0n) is 8.79. The fraction of sp³-hybridized carbons (Fsp3) is 0.0769. The summed E-state index contributed by atoms with van der Waals surface area (Å²) in [7, 11) is 0. The standard InChI is InChI=1S/C13H9BrCl2O/c14-8-9-5-6-10(7-12(9)16)17-13-4-2-1-3-11(13)15/h1-7H,8H2. The minimum atomic E-state index is 0.577. The molecule has 2 aromatic rings. The Morgan fingerprint density at radius 3 is 2.41 bits per heavy atom. The third-order valence-corrected chi connectivity index (χ3v) is 3.50. The lowest BCUT2D eigenvalue weighted by Crippen LogP contribution is -1.87. The van der Waals surface area contributed by atoms with E-state index in [4.69, 9.17) is 27.9 Å². The molecule has 4 heteroatoms. The van der Waals surface area contributed by atoms with Crippen LogP contribution in [0.25, 0.3) is 0 Å². The molecule has 2 aromatic carbocycles. The van der Waals surface area contributed by atoms with Crippen LogP contribution >= 0.6 is 39.1 Å². The summed E-state index contributed by atoms with van der Waals surface area (Å²) in [5.41, 5.74) is 1.03. The highest BCUT2D eigenvalue weighted by Crippen LogP contribution is 2.31. The fourth-order valence-corrected chi connectivity index (χ4v) is 2.42. The van der Waals surface area contributed by atoms with Crippen LogP contribution in [0, 0.1) is 0 Å². The zero-order chi connectivity index (χ0) is 12.3. The summed E-state index contributed by atoms with van der Waals surface area (Å²) in [6.45, 7) is 0. The molecular weight excluding hydrogens is 323 g/mol. The highest BCUT2D eigenvalue weighted by Gasteiger charge is 2.04. The van der Waals surface area contributed by atoms with Crippen LogP contribution in [0.3, 0.4) is 0 Å². The summed E-state index contributed by atoms with van der Waals surface area (Å²) in [5.74, 6) is 1.30. The molecule has 0 spiro atoms. The van der Waals surface area contributed by atoms with Crippen molar-refractivity contribution >= 4 is 39.1 Å². The van der Waals surface area contributed by atoms with Gasteiger partial charge in [0.05, 0.1) is 5.02 Å². The second kappa shape index (κ2) is 5.76. The van der Waals surface area contributed by atoms with Gasteiger partial charge >= 0.3 is 0 Å². The molecule has 0 unspecified atom stereocenters. The molecule has 0 fully saturated rings. The van der Waals surface area contributed by atoms with Crippen LogP contribution in [-0.2, 0) is 5.33 Å². The van der Waals surface area contributed by atoms with E-state index in [1.165, 1.54) is 0 Å². The van der Waals surface area contributed by atoms with Gasteiger partial charge in [0.1, 0.15) is 11.5 Å². The molecule has 0 amide bonds. The Hall–Kier alpha value is -0.700. The van der Waals surface area contributed by atoms with E-state index in [1.807, 2.05) is 30.3 Å². The highest BCUT2D eigenvalue weighted by atomic mass is 79.9. The molecule has 0 saturated heterocycles. The largest absolute Gasteiger partial charge is 0.456 e. The van der Waals surface area contributed by atoms with E-state index in [2.05, 4.69) is 15.9 Å². The molecule has 2 rings (SSSR count). The van der Waals surface area contributed by atoms with Gasteiger partial charge in [-0.15, -0.1) is 0 Å². The van der Waals surface area contributed by atoms with Gasteiger partial charge in [-0.1, -0.05) is 57.3 Å². The zero-order valence-corrected chi connectivity index (χ0v) is 11.9. The summed E-state index contributed by atoms with van der Waals surface area (Å²) < 4.78 is 5.66. The van der Waals surface area contributed by atoms with Gasteiger partial charge in [-0.05, 0) is 29.8 Å². The summed E-state index contributed by atoms with van der Waals surface area (Å²) in [6, 6.07) is 12.9. The van der Waals surface area contributed by atoms with E-state index in [-0.39, 0.29) is 0 Å². The van der Waals surface area contributed by atoms with E-state index in [9.17, 15) is 0 Å². The Morgan fingerprint density at radius 1 is 1.00 bits per heavy atom. The number of hydrogen-bond donors (Lipinski definition) is 0. The first-order valence-electron chi connectivity index (χ1n) is 4.97. The van der Waals surface area contributed by atoms with Crippen molar-refractivity contribution in [2.45, 2.75) is 5.33 Å². The second-order valence-electron chi connectivity index (χ2n) is 3.42. The summed E-state index contributed by atoms with van der Waals surface area (Å²) >= 11 is 15.5. The van der Waals surface area contributed by atoms with Crippen molar-refractivity contribution in [3.05, 3.63) is 58.1 Å². The van der Waals surface area contributed by atoms with E-state index in [0.717, 1.165) is 10.9 Å². The summed E-state index contributed by atoms with van der Waals surface area (Å²) in [4.78, 5) is 0. The number of ether oxygens (including phenoxy) is 1. The number of halogens is 3. The smallest absolute Gasteiger partial charge is 0.146 e. The highest BCUT2D eigenvalue weighted by molar-refractivity contribution is 9.08. The van der Waals surface area contributed by atoms with Crippen LogP contribution < -0.4 is 4.74 Å². The minimum Gasteiger partial charge on any atom is -0.456 e. The molecule has 0 N–H and O–H groups in total. The number of para-hydroxylation sites is 1. The SMILES string of the molecule is Clc1cc(Oc2ccccc2Cl)ccc1CBr. The van der Waals surface area contributed by atoms with Crippen molar-refractivity contribution in [2.75, 3.05) is 0 Å². The van der Waals surface area contributed by atoms with Crippen LogP contribution in [0.15, 0.2) is 42.5 Å². The Labute approximate surface area is 118 Å². The van der Waals surface area contributed by atoms with Crippen LogP contribution in [0.5, 0.6) is 11.5 Å². The second-order valence-corrected chi connectivity index (χ2v) is 4.79. The molecule has 0 bridgehead atoms. The Bertz CT molecular complexity index is 529.